The van der Waals surface area contributed by atoms with Gasteiger partial charge in [-0.2, -0.15) is 0 Å². The highest BCUT2D eigenvalue weighted by molar-refractivity contribution is 6.09. The van der Waals surface area contributed by atoms with Gasteiger partial charge in [-0.25, -0.2) is 0 Å². The average Bonchev–Trinajstić information content (AvgIpc) is 3.15. The lowest BCUT2D eigenvalue weighted by molar-refractivity contribution is -0.155. The zero-order valence-electron chi connectivity index (χ0n) is 12.7. The Morgan fingerprint density at radius 1 is 1.45 bits per heavy atom. The summed E-state index contributed by atoms with van der Waals surface area (Å²) in [5.41, 5.74) is -1.25. The van der Waals surface area contributed by atoms with Crippen LogP contribution in [0.25, 0.3) is 0 Å². The third-order valence-corrected chi connectivity index (χ3v) is 4.56. The number of amides is 2. The smallest absolute Gasteiger partial charge is 0.326 e. The van der Waals surface area contributed by atoms with E-state index in [9.17, 15) is 14.4 Å². The maximum absolute atomic E-state index is 12.5. The predicted molar refractivity (Wildman–Crippen MR) is 74.4 cm³/mol. The minimum Gasteiger partial charge on any atom is -0.468 e. The van der Waals surface area contributed by atoms with Crippen LogP contribution in [0.4, 0.5) is 0 Å². The molecule has 0 aliphatic carbocycles. The van der Waals surface area contributed by atoms with Crippen LogP contribution in [0.2, 0.25) is 0 Å². The zero-order chi connectivity index (χ0) is 16.1. The van der Waals surface area contributed by atoms with Crippen molar-refractivity contribution in [2.75, 3.05) is 13.7 Å². The van der Waals surface area contributed by atoms with Gasteiger partial charge in [-0.1, -0.05) is 0 Å². The Labute approximate surface area is 127 Å². The molecule has 3 heterocycles. The Morgan fingerprint density at radius 2 is 2.18 bits per heavy atom. The van der Waals surface area contributed by atoms with Crippen LogP contribution in [-0.4, -0.2) is 41.9 Å². The lowest BCUT2D eigenvalue weighted by atomic mass is 9.81. The van der Waals surface area contributed by atoms with Crippen molar-refractivity contribution in [3.63, 3.8) is 0 Å². The van der Waals surface area contributed by atoms with E-state index in [0.29, 0.717) is 5.76 Å². The maximum atomic E-state index is 12.5. The molecular formula is C15H18N2O5. The Morgan fingerprint density at radius 3 is 2.77 bits per heavy atom. The molecule has 22 heavy (non-hydrogen) atoms. The summed E-state index contributed by atoms with van der Waals surface area (Å²) < 4.78 is 10.5. The van der Waals surface area contributed by atoms with E-state index in [4.69, 9.17) is 9.15 Å². The normalized spacial score (nSPS) is 34.1. The highest BCUT2D eigenvalue weighted by atomic mass is 16.5. The van der Waals surface area contributed by atoms with Gasteiger partial charge in [-0.3, -0.25) is 24.6 Å². The summed E-state index contributed by atoms with van der Waals surface area (Å²) in [6, 6.07) is 2.90. The number of nitrogens with zero attached hydrogens (tertiary/aromatic N) is 1. The third kappa shape index (κ3) is 1.81. The van der Waals surface area contributed by atoms with E-state index in [1.807, 2.05) is 0 Å². The predicted octanol–water partition coefficient (Wildman–Crippen LogP) is 0.477. The Balaban J connectivity index is 2.06. The molecule has 2 aliphatic rings. The van der Waals surface area contributed by atoms with Gasteiger partial charge in [0.2, 0.25) is 11.8 Å². The monoisotopic (exact) mass is 306 g/mol. The molecule has 2 fully saturated rings. The summed E-state index contributed by atoms with van der Waals surface area (Å²) in [4.78, 5) is 38.4. The van der Waals surface area contributed by atoms with Crippen molar-refractivity contribution in [1.82, 2.24) is 10.2 Å². The molecule has 0 bridgehead atoms. The largest absolute Gasteiger partial charge is 0.468 e. The number of carbonyl (C=O) groups is 3. The van der Waals surface area contributed by atoms with Crippen molar-refractivity contribution in [2.45, 2.75) is 25.4 Å². The van der Waals surface area contributed by atoms with Gasteiger partial charge in [0.25, 0.3) is 0 Å². The fourth-order valence-electron chi connectivity index (χ4n) is 3.46. The summed E-state index contributed by atoms with van der Waals surface area (Å²) in [5.74, 6) is -2.14. The zero-order valence-corrected chi connectivity index (χ0v) is 12.7. The van der Waals surface area contributed by atoms with Gasteiger partial charge in [0.1, 0.15) is 11.3 Å². The molecule has 2 aliphatic heterocycles. The Bertz CT molecular complexity index is 626. The second-order valence-electron chi connectivity index (χ2n) is 5.80. The topological polar surface area (TPSA) is 88.8 Å². The number of esters is 1. The molecule has 1 aromatic heterocycles. The molecule has 0 saturated carbocycles. The molecule has 1 N–H and O–H groups in total. The van der Waals surface area contributed by atoms with Crippen LogP contribution < -0.4 is 5.32 Å². The first-order valence-corrected chi connectivity index (χ1v) is 7.21. The Hall–Kier alpha value is -2.15. The van der Waals surface area contributed by atoms with E-state index in [-0.39, 0.29) is 18.4 Å². The highest BCUT2D eigenvalue weighted by Gasteiger charge is 2.66. The van der Waals surface area contributed by atoms with Crippen molar-refractivity contribution < 1.29 is 23.5 Å². The summed E-state index contributed by atoms with van der Waals surface area (Å²) >= 11 is 0. The van der Waals surface area contributed by atoms with Crippen molar-refractivity contribution in [3.05, 3.63) is 24.2 Å². The molecule has 4 atom stereocenters. The first kappa shape index (κ1) is 14.8. The van der Waals surface area contributed by atoms with E-state index in [1.54, 1.807) is 26.0 Å². The van der Waals surface area contributed by atoms with E-state index in [1.165, 1.54) is 13.3 Å². The van der Waals surface area contributed by atoms with Crippen molar-refractivity contribution in [1.29, 1.82) is 0 Å². The number of fused-ring (bicyclic) bond motifs is 1. The van der Waals surface area contributed by atoms with Crippen molar-refractivity contribution >= 4 is 17.8 Å². The summed E-state index contributed by atoms with van der Waals surface area (Å²) in [6.07, 6.45) is 1.50. The molecule has 118 valence electrons. The summed E-state index contributed by atoms with van der Waals surface area (Å²) in [5, 5.41) is 3.10. The number of rotatable bonds is 3. The summed E-state index contributed by atoms with van der Waals surface area (Å²) in [7, 11) is 1.44. The number of carbonyl (C=O) groups excluding carboxylic acids is 3. The molecule has 0 unspecified atom stereocenters. The molecule has 1 aromatic rings. The maximum Gasteiger partial charge on any atom is 0.326 e. The lowest BCUT2D eigenvalue weighted by Crippen LogP contribution is -2.53. The first-order chi connectivity index (χ1) is 10.4. The molecule has 3 rings (SSSR count). The Kier molecular flexibility index (Phi) is 3.32. The van der Waals surface area contributed by atoms with Gasteiger partial charge in [0.05, 0.1) is 30.7 Å². The van der Waals surface area contributed by atoms with Gasteiger partial charge in [0.15, 0.2) is 0 Å². The molecule has 0 spiro atoms. The van der Waals surface area contributed by atoms with Crippen molar-refractivity contribution in [2.24, 2.45) is 11.8 Å². The first-order valence-electron chi connectivity index (χ1n) is 7.21. The second kappa shape index (κ2) is 4.95. The second-order valence-corrected chi connectivity index (χ2v) is 5.80. The van der Waals surface area contributed by atoms with Crippen LogP contribution >= 0.6 is 0 Å². The standard InChI is InChI=1S/C15H18N2O5/c1-4-21-14(20)15(2)10-9(12(18)17(3)13(10)19)11(16-15)8-6-5-7-22-8/h5-7,9-11,16H,4H2,1-3H3/t9-,10+,11+,15+/m0/s1. The van der Waals surface area contributed by atoms with Gasteiger partial charge in [-0.15, -0.1) is 0 Å². The number of hydrogen-bond donors (Lipinski definition) is 1. The van der Waals surface area contributed by atoms with Gasteiger partial charge in [0, 0.05) is 7.05 Å². The number of furan rings is 1. The average molecular weight is 306 g/mol. The van der Waals surface area contributed by atoms with E-state index < -0.39 is 29.4 Å². The minimum atomic E-state index is -1.25. The fraction of sp³-hybridized carbons (Fsp3) is 0.533. The number of likely N-dealkylation sites (tertiary alicyclic amines) is 1. The summed E-state index contributed by atoms with van der Waals surface area (Å²) in [6.45, 7) is 3.51. The molecule has 2 saturated heterocycles. The van der Waals surface area contributed by atoms with Crippen LogP contribution in [0, 0.1) is 11.8 Å². The highest BCUT2D eigenvalue weighted by Crippen LogP contribution is 2.48. The SMILES string of the molecule is CCOC(=O)[C@]1(C)N[C@H](c2ccco2)[C@H]2C(=O)N(C)C(=O)[C@@H]21. The number of imide groups is 1. The van der Waals surface area contributed by atoms with Crippen LogP contribution in [0.5, 0.6) is 0 Å². The van der Waals surface area contributed by atoms with Crippen LogP contribution in [0.15, 0.2) is 22.8 Å². The fourth-order valence-corrected chi connectivity index (χ4v) is 3.46. The van der Waals surface area contributed by atoms with E-state index in [0.717, 1.165) is 4.90 Å². The van der Waals surface area contributed by atoms with Crippen LogP contribution in [-0.2, 0) is 19.1 Å². The van der Waals surface area contributed by atoms with Gasteiger partial charge >= 0.3 is 5.97 Å². The van der Waals surface area contributed by atoms with E-state index >= 15 is 0 Å². The number of nitrogens with one attached hydrogen (secondary N) is 1. The van der Waals surface area contributed by atoms with E-state index in [2.05, 4.69) is 5.32 Å². The third-order valence-electron chi connectivity index (χ3n) is 4.56. The molecule has 7 heteroatoms. The molecule has 0 radical (unpaired) electrons. The lowest BCUT2D eigenvalue weighted by Gasteiger charge is -2.28. The van der Waals surface area contributed by atoms with Crippen LogP contribution in [0.3, 0.4) is 0 Å². The molecule has 0 aromatic carbocycles. The molecule has 7 nitrogen and oxygen atoms in total. The van der Waals surface area contributed by atoms with Crippen LogP contribution in [0.1, 0.15) is 25.6 Å². The molecular weight excluding hydrogens is 288 g/mol. The van der Waals surface area contributed by atoms with Gasteiger partial charge in [-0.05, 0) is 26.0 Å². The number of hydrogen-bond acceptors (Lipinski definition) is 6. The minimum absolute atomic E-state index is 0.205. The van der Waals surface area contributed by atoms with Crippen molar-refractivity contribution in [3.8, 4) is 0 Å². The molecule has 2 amide bonds. The quantitative estimate of drug-likeness (QED) is 0.645. The van der Waals surface area contributed by atoms with Gasteiger partial charge < -0.3 is 9.15 Å². The number of ether oxygens (including phenoxy) is 1.